The fourth-order valence-electron chi connectivity index (χ4n) is 3.16. The monoisotopic (exact) mass is 350 g/mol. The number of phenolic OH excluding ortho intramolecular Hbond substituents is 2. The van der Waals surface area contributed by atoms with E-state index in [4.69, 9.17) is 0 Å². The summed E-state index contributed by atoms with van der Waals surface area (Å²) in [7, 11) is 0. The van der Waals surface area contributed by atoms with Gasteiger partial charge in [-0.2, -0.15) is 0 Å². The van der Waals surface area contributed by atoms with Gasteiger partial charge in [-0.1, -0.05) is 12.1 Å². The van der Waals surface area contributed by atoms with Gasteiger partial charge in [0.15, 0.2) is 0 Å². The largest absolute Gasteiger partial charge is 0.508 e. The minimum atomic E-state index is -0.565. The quantitative estimate of drug-likeness (QED) is 0.417. The van der Waals surface area contributed by atoms with Crippen LogP contribution in [-0.4, -0.2) is 10.2 Å². The molecule has 0 aliphatic heterocycles. The third-order valence-corrected chi connectivity index (χ3v) is 4.89. The van der Waals surface area contributed by atoms with E-state index in [-0.39, 0.29) is 22.9 Å². The molecule has 0 bridgehead atoms. The average Bonchev–Trinajstić information content (AvgIpc) is 3.42. The van der Waals surface area contributed by atoms with Crippen LogP contribution in [0.1, 0.15) is 24.0 Å². The Morgan fingerprint density at radius 3 is 2.35 bits per heavy atom. The lowest BCUT2D eigenvalue weighted by Gasteiger charge is -2.23. The van der Waals surface area contributed by atoms with E-state index in [2.05, 4.69) is 10.6 Å². The van der Waals surface area contributed by atoms with Crippen molar-refractivity contribution in [2.24, 2.45) is 0 Å². The summed E-state index contributed by atoms with van der Waals surface area (Å²) in [4.78, 5) is 24.1. The van der Waals surface area contributed by atoms with Gasteiger partial charge in [0.2, 0.25) is 0 Å². The highest BCUT2D eigenvalue weighted by atomic mass is 16.3. The summed E-state index contributed by atoms with van der Waals surface area (Å²) >= 11 is 0. The third kappa shape index (κ3) is 2.60. The number of nitrogens with one attached hydrogen (secondary N) is 2. The van der Waals surface area contributed by atoms with Crippen molar-refractivity contribution >= 4 is 17.1 Å². The molecule has 6 nitrogen and oxygen atoms in total. The lowest BCUT2D eigenvalue weighted by Crippen LogP contribution is -2.39. The maximum atomic E-state index is 12.1. The summed E-state index contributed by atoms with van der Waals surface area (Å²) < 4.78 is 0. The van der Waals surface area contributed by atoms with Crippen molar-refractivity contribution in [2.75, 3.05) is 10.6 Å². The summed E-state index contributed by atoms with van der Waals surface area (Å²) in [6.45, 7) is 1.75. The Balaban J connectivity index is 1.63. The predicted molar refractivity (Wildman–Crippen MR) is 100 cm³/mol. The van der Waals surface area contributed by atoms with Gasteiger partial charge in [-0.25, -0.2) is 0 Å². The van der Waals surface area contributed by atoms with Crippen LogP contribution < -0.4 is 21.5 Å². The topological polar surface area (TPSA) is 98.7 Å². The van der Waals surface area contributed by atoms with Gasteiger partial charge in [-0.3, -0.25) is 9.59 Å². The summed E-state index contributed by atoms with van der Waals surface area (Å²) in [5, 5.41) is 25.5. The fourth-order valence-corrected chi connectivity index (χ4v) is 3.16. The average molecular weight is 350 g/mol. The van der Waals surface area contributed by atoms with Gasteiger partial charge >= 0.3 is 0 Å². The molecule has 0 heterocycles. The molecule has 3 aromatic rings. The second kappa shape index (κ2) is 5.62. The molecule has 0 unspecified atom stereocenters. The van der Waals surface area contributed by atoms with Crippen molar-refractivity contribution in [3.8, 4) is 11.5 Å². The van der Waals surface area contributed by atoms with Gasteiger partial charge < -0.3 is 20.8 Å². The Labute approximate surface area is 149 Å². The van der Waals surface area contributed by atoms with Crippen LogP contribution in [-0.2, 0) is 5.54 Å². The molecule has 4 rings (SSSR count). The molecule has 26 heavy (non-hydrogen) atoms. The van der Waals surface area contributed by atoms with Gasteiger partial charge in [0.1, 0.15) is 22.9 Å². The van der Waals surface area contributed by atoms with E-state index in [1.54, 1.807) is 37.3 Å². The molecule has 132 valence electrons. The zero-order valence-corrected chi connectivity index (χ0v) is 14.2. The molecule has 0 radical (unpaired) electrons. The minimum Gasteiger partial charge on any atom is -0.508 e. The normalized spacial score (nSPS) is 15.0. The summed E-state index contributed by atoms with van der Waals surface area (Å²) in [6, 6.07) is 11.8. The van der Waals surface area contributed by atoms with E-state index >= 15 is 0 Å². The first-order chi connectivity index (χ1) is 12.4. The summed E-state index contributed by atoms with van der Waals surface area (Å²) in [6.07, 6.45) is 1.63. The third-order valence-electron chi connectivity index (χ3n) is 4.89. The van der Waals surface area contributed by atoms with Gasteiger partial charge in [0.25, 0.3) is 10.9 Å². The first-order valence-electron chi connectivity index (χ1n) is 8.37. The number of anilines is 3. The standard InChI is InChI=1S/C20H18N2O4/c1-11-9-13(5-6-15(11)24)21-16-17(19(26)18(16)25)22-20(7-8-20)12-3-2-4-14(23)10-12/h2-6,9-10,21-24H,7-8H2,1H3. The molecular formula is C20H18N2O4. The van der Waals surface area contributed by atoms with Crippen molar-refractivity contribution in [3.63, 3.8) is 0 Å². The smallest absolute Gasteiger partial charge is 0.253 e. The Bertz CT molecular complexity index is 1080. The Morgan fingerprint density at radius 1 is 0.962 bits per heavy atom. The number of rotatable bonds is 5. The molecule has 0 amide bonds. The van der Waals surface area contributed by atoms with E-state index in [0.29, 0.717) is 11.3 Å². The highest BCUT2D eigenvalue weighted by Crippen LogP contribution is 2.49. The van der Waals surface area contributed by atoms with Crippen LogP contribution in [0.3, 0.4) is 0 Å². The Kier molecular flexibility index (Phi) is 3.50. The molecular weight excluding hydrogens is 332 g/mol. The van der Waals surface area contributed by atoms with Crippen LogP contribution in [0.5, 0.6) is 11.5 Å². The Hall–Kier alpha value is -3.28. The van der Waals surface area contributed by atoms with Crippen LogP contribution in [0.4, 0.5) is 17.1 Å². The van der Waals surface area contributed by atoms with E-state index in [1.807, 2.05) is 6.07 Å². The first-order valence-corrected chi connectivity index (χ1v) is 8.37. The van der Waals surface area contributed by atoms with Crippen molar-refractivity contribution in [1.82, 2.24) is 0 Å². The van der Waals surface area contributed by atoms with Gasteiger partial charge in [0, 0.05) is 5.69 Å². The second-order valence-corrected chi connectivity index (χ2v) is 6.79. The zero-order valence-electron chi connectivity index (χ0n) is 14.2. The van der Waals surface area contributed by atoms with E-state index in [0.717, 1.165) is 18.4 Å². The lowest BCUT2D eigenvalue weighted by molar-refractivity contribution is 0.471. The first kappa shape index (κ1) is 16.2. The molecule has 1 aliphatic carbocycles. The minimum absolute atomic E-state index is 0.165. The van der Waals surface area contributed by atoms with Crippen LogP contribution in [0.15, 0.2) is 52.1 Å². The predicted octanol–water partition coefficient (Wildman–Crippen LogP) is 2.85. The number of hydrogen-bond acceptors (Lipinski definition) is 6. The van der Waals surface area contributed by atoms with Crippen molar-refractivity contribution in [3.05, 3.63) is 74.0 Å². The molecule has 6 heteroatoms. The fraction of sp³-hybridized carbons (Fsp3) is 0.200. The number of aryl methyl sites for hydroxylation is 1. The zero-order chi connectivity index (χ0) is 18.5. The molecule has 0 aromatic heterocycles. The highest BCUT2D eigenvalue weighted by molar-refractivity contribution is 5.80. The maximum absolute atomic E-state index is 12.1. The van der Waals surface area contributed by atoms with Crippen LogP contribution in [0, 0.1) is 6.92 Å². The molecule has 0 atom stereocenters. The van der Waals surface area contributed by atoms with Gasteiger partial charge in [-0.05, 0) is 61.2 Å². The van der Waals surface area contributed by atoms with Gasteiger partial charge in [0.05, 0.1) is 5.54 Å². The lowest BCUT2D eigenvalue weighted by atomic mass is 10.0. The Morgan fingerprint density at radius 2 is 1.69 bits per heavy atom. The molecule has 0 spiro atoms. The van der Waals surface area contributed by atoms with E-state index in [1.165, 1.54) is 6.07 Å². The number of aromatic hydroxyl groups is 2. The number of benzene rings is 2. The molecule has 1 fully saturated rings. The van der Waals surface area contributed by atoms with Crippen molar-refractivity contribution in [2.45, 2.75) is 25.3 Å². The summed E-state index contributed by atoms with van der Waals surface area (Å²) in [5.41, 5.74) is 1.13. The molecule has 3 aromatic carbocycles. The van der Waals surface area contributed by atoms with Crippen LogP contribution >= 0.6 is 0 Å². The highest BCUT2D eigenvalue weighted by Gasteiger charge is 2.46. The second-order valence-electron chi connectivity index (χ2n) is 6.79. The van der Waals surface area contributed by atoms with E-state index < -0.39 is 16.4 Å². The molecule has 1 saturated carbocycles. The SMILES string of the molecule is Cc1cc(Nc2c(NC3(c4cccc(O)c4)CC3)c(=O)c2=O)ccc1O. The van der Waals surface area contributed by atoms with Crippen molar-refractivity contribution in [1.29, 1.82) is 0 Å². The molecule has 1 aliphatic rings. The maximum Gasteiger partial charge on any atom is 0.253 e. The van der Waals surface area contributed by atoms with Crippen LogP contribution in [0.2, 0.25) is 0 Å². The molecule has 4 N–H and O–H groups in total. The summed E-state index contributed by atoms with van der Waals surface area (Å²) in [5.74, 6) is 0.332. The molecule has 0 saturated heterocycles. The van der Waals surface area contributed by atoms with Crippen LogP contribution in [0.25, 0.3) is 0 Å². The van der Waals surface area contributed by atoms with Gasteiger partial charge in [-0.15, -0.1) is 0 Å². The van der Waals surface area contributed by atoms with Crippen molar-refractivity contribution < 1.29 is 10.2 Å². The number of phenols is 2. The van der Waals surface area contributed by atoms with E-state index in [9.17, 15) is 19.8 Å². The number of hydrogen-bond donors (Lipinski definition) is 4.